The maximum Gasteiger partial charge on any atom is 0.253 e. The Morgan fingerprint density at radius 2 is 2.31 bits per heavy atom. The number of carbonyl (C=O) groups excluding carboxylic acids is 1. The Morgan fingerprint density at radius 1 is 1.62 bits per heavy atom. The number of nitrogens with zero attached hydrogens (tertiary/aromatic N) is 1. The van der Waals surface area contributed by atoms with Crippen molar-refractivity contribution in [1.29, 1.82) is 5.26 Å². The van der Waals surface area contributed by atoms with Crippen LogP contribution >= 0.6 is 27.5 Å². The highest BCUT2D eigenvalue weighted by Gasteiger charge is 2.11. The van der Waals surface area contributed by atoms with Crippen LogP contribution in [0.25, 0.3) is 0 Å². The van der Waals surface area contributed by atoms with E-state index in [9.17, 15) is 4.79 Å². The van der Waals surface area contributed by atoms with Gasteiger partial charge in [0.15, 0.2) is 0 Å². The quantitative estimate of drug-likeness (QED) is 0.604. The largest absolute Gasteiger partial charge is 0.276 e. The van der Waals surface area contributed by atoms with E-state index in [0.717, 1.165) is 5.56 Å². The van der Waals surface area contributed by atoms with E-state index in [1.165, 1.54) is 0 Å². The van der Waals surface area contributed by atoms with Crippen LogP contribution in [0.1, 0.15) is 21.5 Å². The minimum atomic E-state index is -0.598. The van der Waals surface area contributed by atoms with Crippen molar-refractivity contribution in [3.8, 4) is 6.07 Å². The van der Waals surface area contributed by atoms with Gasteiger partial charge in [-0.15, -0.1) is 0 Å². The maximum atomic E-state index is 10.9. The Hall–Kier alpha value is -0.850. The normalized spacial score (nSPS) is 9.31. The fourth-order valence-electron chi connectivity index (χ4n) is 1.01. The van der Waals surface area contributed by atoms with Crippen LogP contribution in [0.15, 0.2) is 18.2 Å². The summed E-state index contributed by atoms with van der Waals surface area (Å²) in [5.74, 6) is 0. The molecule has 0 unspecified atom stereocenters. The summed E-state index contributed by atoms with van der Waals surface area (Å²) in [6, 6.07) is 6.98. The molecule has 0 N–H and O–H groups in total. The second-order valence-corrected chi connectivity index (χ2v) is 3.26. The number of carbonyl (C=O) groups is 1. The van der Waals surface area contributed by atoms with Crippen LogP contribution in [-0.2, 0) is 5.33 Å². The van der Waals surface area contributed by atoms with Crippen LogP contribution in [0, 0.1) is 11.3 Å². The second-order valence-electron chi connectivity index (χ2n) is 2.36. The lowest BCUT2D eigenvalue weighted by atomic mass is 10.0. The Bertz CT molecular complexity index is 384. The fraction of sp³-hybridized carbons (Fsp3) is 0.111. The molecule has 2 nitrogen and oxygen atoms in total. The third-order valence-electron chi connectivity index (χ3n) is 1.62. The molecule has 0 aliphatic carbocycles. The van der Waals surface area contributed by atoms with Gasteiger partial charge in [0, 0.05) is 5.33 Å². The molecule has 0 atom stereocenters. The molecule has 4 heteroatoms. The molecule has 1 rings (SSSR count). The molecule has 1 aromatic carbocycles. The van der Waals surface area contributed by atoms with E-state index < -0.39 is 5.24 Å². The van der Waals surface area contributed by atoms with Crippen molar-refractivity contribution >= 4 is 32.8 Å². The molecule has 0 spiro atoms. The monoisotopic (exact) mass is 257 g/mol. The van der Waals surface area contributed by atoms with Crippen LogP contribution in [0.2, 0.25) is 0 Å². The molecular weight excluding hydrogens is 253 g/mol. The van der Waals surface area contributed by atoms with Gasteiger partial charge in [0.05, 0.1) is 11.1 Å². The lowest BCUT2D eigenvalue weighted by molar-refractivity contribution is 0.108. The van der Waals surface area contributed by atoms with Crippen LogP contribution in [0.5, 0.6) is 0 Å². The summed E-state index contributed by atoms with van der Waals surface area (Å²) >= 11 is 8.54. The number of nitriles is 1. The third-order valence-corrected chi connectivity index (χ3v) is 2.43. The molecule has 0 aliphatic heterocycles. The summed E-state index contributed by atoms with van der Waals surface area (Å²) in [5.41, 5.74) is 1.38. The highest BCUT2D eigenvalue weighted by Crippen LogP contribution is 2.18. The first-order chi connectivity index (χ1) is 6.20. The molecule has 0 saturated heterocycles. The average molecular weight is 259 g/mol. The predicted octanol–water partition coefficient (Wildman–Crippen LogP) is 2.83. The average Bonchev–Trinajstić information content (AvgIpc) is 2.16. The number of hydrogen-bond acceptors (Lipinski definition) is 2. The summed E-state index contributed by atoms with van der Waals surface area (Å²) in [6.07, 6.45) is 0. The van der Waals surface area contributed by atoms with Gasteiger partial charge >= 0.3 is 0 Å². The fourth-order valence-corrected chi connectivity index (χ4v) is 1.63. The minimum absolute atomic E-state index is 0.265. The van der Waals surface area contributed by atoms with Crippen molar-refractivity contribution in [1.82, 2.24) is 0 Å². The summed E-state index contributed by atoms with van der Waals surface area (Å²) in [6.45, 7) is 0. The van der Waals surface area contributed by atoms with Gasteiger partial charge in [-0.2, -0.15) is 5.26 Å². The highest BCUT2D eigenvalue weighted by atomic mass is 79.9. The summed E-state index contributed by atoms with van der Waals surface area (Å²) in [4.78, 5) is 10.9. The number of hydrogen-bond donors (Lipinski definition) is 0. The smallest absolute Gasteiger partial charge is 0.253 e. The van der Waals surface area contributed by atoms with Gasteiger partial charge < -0.3 is 0 Å². The van der Waals surface area contributed by atoms with E-state index in [0.29, 0.717) is 10.9 Å². The van der Waals surface area contributed by atoms with Crippen molar-refractivity contribution < 1.29 is 4.79 Å². The van der Waals surface area contributed by atoms with Gasteiger partial charge in [0.2, 0.25) is 0 Å². The van der Waals surface area contributed by atoms with E-state index in [1.54, 1.807) is 18.2 Å². The number of alkyl halides is 1. The third kappa shape index (κ3) is 2.09. The zero-order valence-electron chi connectivity index (χ0n) is 6.55. The van der Waals surface area contributed by atoms with Crippen molar-refractivity contribution in [2.75, 3.05) is 0 Å². The van der Waals surface area contributed by atoms with E-state index in [1.807, 2.05) is 6.07 Å². The Kier molecular flexibility index (Phi) is 3.47. The molecule has 66 valence electrons. The van der Waals surface area contributed by atoms with Crippen molar-refractivity contribution in [2.24, 2.45) is 0 Å². The lowest BCUT2D eigenvalue weighted by Gasteiger charge is -2.02. The van der Waals surface area contributed by atoms with E-state index in [-0.39, 0.29) is 5.56 Å². The molecule has 0 saturated carbocycles. The van der Waals surface area contributed by atoms with Crippen LogP contribution < -0.4 is 0 Å². The SMILES string of the molecule is N#Cc1c(CBr)cccc1C(=O)Cl. The molecule has 0 bridgehead atoms. The van der Waals surface area contributed by atoms with E-state index in [2.05, 4.69) is 15.9 Å². The van der Waals surface area contributed by atoms with Crippen molar-refractivity contribution in [3.63, 3.8) is 0 Å². The van der Waals surface area contributed by atoms with Crippen LogP contribution in [0.4, 0.5) is 0 Å². The molecule has 0 fully saturated rings. The zero-order chi connectivity index (χ0) is 9.84. The van der Waals surface area contributed by atoms with Crippen LogP contribution in [0.3, 0.4) is 0 Å². The highest BCUT2D eigenvalue weighted by molar-refractivity contribution is 9.08. The second kappa shape index (κ2) is 4.40. The molecule has 0 aromatic heterocycles. The molecule has 0 aliphatic rings. The zero-order valence-corrected chi connectivity index (χ0v) is 8.89. The molecular formula is C9H5BrClNO. The first kappa shape index (κ1) is 10.2. The topological polar surface area (TPSA) is 40.9 Å². The van der Waals surface area contributed by atoms with Gasteiger partial charge in [-0.25, -0.2) is 0 Å². The molecule has 1 aromatic rings. The molecule has 0 amide bonds. The first-order valence-corrected chi connectivity index (χ1v) is 4.98. The summed E-state index contributed by atoms with van der Waals surface area (Å²) in [5, 5.41) is 8.74. The van der Waals surface area contributed by atoms with Gasteiger partial charge in [0.1, 0.15) is 6.07 Å². The standard InChI is InChI=1S/C9H5BrClNO/c10-4-6-2-1-3-7(9(11)13)8(6)5-12/h1-3H,4H2. The molecule has 13 heavy (non-hydrogen) atoms. The lowest BCUT2D eigenvalue weighted by Crippen LogP contribution is -1.97. The van der Waals surface area contributed by atoms with Gasteiger partial charge in [-0.3, -0.25) is 4.79 Å². The van der Waals surface area contributed by atoms with Crippen LogP contribution in [-0.4, -0.2) is 5.24 Å². The minimum Gasteiger partial charge on any atom is -0.276 e. The molecule has 0 radical (unpaired) electrons. The first-order valence-electron chi connectivity index (χ1n) is 3.48. The summed E-state index contributed by atoms with van der Waals surface area (Å²) in [7, 11) is 0. The predicted molar refractivity (Wildman–Crippen MR) is 54.0 cm³/mol. The molecule has 0 heterocycles. The number of rotatable bonds is 2. The van der Waals surface area contributed by atoms with E-state index >= 15 is 0 Å². The summed E-state index contributed by atoms with van der Waals surface area (Å²) < 4.78 is 0. The Morgan fingerprint density at radius 3 is 2.77 bits per heavy atom. The van der Waals surface area contributed by atoms with Gasteiger partial charge in [0.25, 0.3) is 5.24 Å². The van der Waals surface area contributed by atoms with Crippen molar-refractivity contribution in [3.05, 3.63) is 34.9 Å². The van der Waals surface area contributed by atoms with Gasteiger partial charge in [-0.1, -0.05) is 28.1 Å². The Balaban J connectivity index is 3.38. The number of benzene rings is 1. The Labute approximate surface area is 89.3 Å². The van der Waals surface area contributed by atoms with Gasteiger partial charge in [-0.05, 0) is 23.2 Å². The van der Waals surface area contributed by atoms with Crippen molar-refractivity contribution in [2.45, 2.75) is 5.33 Å². The maximum absolute atomic E-state index is 10.9. The number of halogens is 2. The van der Waals surface area contributed by atoms with E-state index in [4.69, 9.17) is 16.9 Å².